The second-order valence-corrected chi connectivity index (χ2v) is 5.29. The van der Waals surface area contributed by atoms with Gasteiger partial charge in [-0.25, -0.2) is 0 Å². The summed E-state index contributed by atoms with van der Waals surface area (Å²) >= 11 is 0. The number of ether oxygens (including phenoxy) is 1. The van der Waals surface area contributed by atoms with Crippen molar-refractivity contribution >= 4 is 0 Å². The van der Waals surface area contributed by atoms with Gasteiger partial charge in [0, 0.05) is 19.1 Å². The van der Waals surface area contributed by atoms with Crippen LogP contribution in [0.2, 0.25) is 0 Å². The molecule has 2 N–H and O–H groups in total. The second kappa shape index (κ2) is 5.19. The molecular formula is C15H23NO. The molecule has 0 bridgehead atoms. The van der Waals surface area contributed by atoms with Gasteiger partial charge in [0.1, 0.15) is 0 Å². The molecule has 0 aromatic heterocycles. The molecule has 1 aromatic carbocycles. The molecule has 2 heteroatoms. The van der Waals surface area contributed by atoms with E-state index in [4.69, 9.17) is 10.5 Å². The third-order valence-electron chi connectivity index (χ3n) is 4.24. The Hall–Kier alpha value is -0.860. The second-order valence-electron chi connectivity index (χ2n) is 5.29. The van der Waals surface area contributed by atoms with Crippen molar-refractivity contribution in [3.8, 4) is 0 Å². The van der Waals surface area contributed by atoms with Crippen molar-refractivity contribution in [3.05, 3.63) is 35.4 Å². The fourth-order valence-electron chi connectivity index (χ4n) is 2.97. The van der Waals surface area contributed by atoms with Crippen LogP contribution in [-0.2, 0) is 10.2 Å². The van der Waals surface area contributed by atoms with Gasteiger partial charge in [-0.1, -0.05) is 29.8 Å². The van der Waals surface area contributed by atoms with Crippen molar-refractivity contribution in [2.24, 2.45) is 5.73 Å². The highest BCUT2D eigenvalue weighted by atomic mass is 16.5. The predicted octanol–water partition coefficient (Wildman–Crippen LogP) is 2.78. The summed E-state index contributed by atoms with van der Waals surface area (Å²) in [5, 5.41) is 0. The Morgan fingerprint density at radius 3 is 2.59 bits per heavy atom. The van der Waals surface area contributed by atoms with Crippen molar-refractivity contribution in [3.63, 3.8) is 0 Å². The van der Waals surface area contributed by atoms with Gasteiger partial charge in [0.2, 0.25) is 0 Å². The van der Waals surface area contributed by atoms with Gasteiger partial charge in [-0.05, 0) is 38.2 Å². The van der Waals surface area contributed by atoms with Crippen LogP contribution < -0.4 is 5.73 Å². The van der Waals surface area contributed by atoms with E-state index >= 15 is 0 Å². The average Bonchev–Trinajstić information content (AvgIpc) is 2.39. The fourth-order valence-corrected chi connectivity index (χ4v) is 2.97. The quantitative estimate of drug-likeness (QED) is 0.871. The molecule has 1 aliphatic carbocycles. The minimum Gasteiger partial charge on any atom is -0.381 e. The highest BCUT2D eigenvalue weighted by Gasteiger charge is 2.35. The summed E-state index contributed by atoms with van der Waals surface area (Å²) < 4.78 is 5.45. The van der Waals surface area contributed by atoms with E-state index in [1.54, 1.807) is 0 Å². The average molecular weight is 233 g/mol. The molecule has 0 unspecified atom stereocenters. The molecule has 0 spiro atoms. The smallest absolute Gasteiger partial charge is 0.0572 e. The van der Waals surface area contributed by atoms with Crippen LogP contribution in [-0.4, -0.2) is 19.8 Å². The number of methoxy groups -OCH3 is 1. The molecule has 1 aromatic rings. The van der Waals surface area contributed by atoms with Gasteiger partial charge in [-0.2, -0.15) is 0 Å². The first kappa shape index (κ1) is 12.6. The Kier molecular flexibility index (Phi) is 3.85. The monoisotopic (exact) mass is 233 g/mol. The molecule has 0 saturated heterocycles. The molecule has 0 radical (unpaired) electrons. The van der Waals surface area contributed by atoms with Crippen LogP contribution >= 0.6 is 0 Å². The maximum atomic E-state index is 6.07. The molecule has 0 aliphatic heterocycles. The third-order valence-corrected chi connectivity index (χ3v) is 4.24. The standard InChI is InChI=1S/C15H23NO/c1-12-4-3-5-13(10-12)15(11-16)8-6-14(17-2)7-9-15/h3-5,10,14H,6-9,11,16H2,1-2H3. The van der Waals surface area contributed by atoms with E-state index in [0.29, 0.717) is 6.10 Å². The van der Waals surface area contributed by atoms with E-state index in [2.05, 4.69) is 31.2 Å². The van der Waals surface area contributed by atoms with Crippen LogP contribution in [0.3, 0.4) is 0 Å². The first-order valence-corrected chi connectivity index (χ1v) is 6.50. The van der Waals surface area contributed by atoms with E-state index in [-0.39, 0.29) is 5.41 Å². The number of aryl methyl sites for hydroxylation is 1. The van der Waals surface area contributed by atoms with Gasteiger partial charge in [-0.15, -0.1) is 0 Å². The zero-order valence-corrected chi connectivity index (χ0v) is 10.9. The van der Waals surface area contributed by atoms with Gasteiger partial charge in [-0.3, -0.25) is 0 Å². The molecule has 94 valence electrons. The SMILES string of the molecule is COC1CCC(CN)(c2cccc(C)c2)CC1. The topological polar surface area (TPSA) is 35.2 Å². The molecule has 17 heavy (non-hydrogen) atoms. The molecule has 1 aliphatic rings. The van der Waals surface area contributed by atoms with E-state index in [0.717, 1.165) is 32.2 Å². The van der Waals surface area contributed by atoms with E-state index in [9.17, 15) is 0 Å². The largest absolute Gasteiger partial charge is 0.381 e. The minimum atomic E-state index is 0.182. The van der Waals surface area contributed by atoms with Crippen molar-refractivity contribution in [2.45, 2.75) is 44.1 Å². The Morgan fingerprint density at radius 1 is 1.35 bits per heavy atom. The summed E-state index contributed by atoms with van der Waals surface area (Å²) in [5.74, 6) is 0. The number of benzene rings is 1. The molecule has 1 saturated carbocycles. The molecule has 0 atom stereocenters. The molecular weight excluding hydrogens is 210 g/mol. The zero-order chi connectivity index (χ0) is 12.3. The Bertz CT molecular complexity index is 367. The molecule has 2 rings (SSSR count). The molecule has 2 nitrogen and oxygen atoms in total. The van der Waals surface area contributed by atoms with Crippen LogP contribution in [0.15, 0.2) is 24.3 Å². The summed E-state index contributed by atoms with van der Waals surface area (Å²) in [6.07, 6.45) is 4.97. The van der Waals surface area contributed by atoms with Gasteiger partial charge < -0.3 is 10.5 Å². The highest BCUT2D eigenvalue weighted by Crippen LogP contribution is 2.39. The summed E-state index contributed by atoms with van der Waals surface area (Å²) in [7, 11) is 1.81. The Balaban J connectivity index is 2.21. The lowest BCUT2D eigenvalue weighted by Gasteiger charge is -2.39. The number of hydrogen-bond donors (Lipinski definition) is 1. The Morgan fingerprint density at radius 2 is 2.06 bits per heavy atom. The summed E-state index contributed by atoms with van der Waals surface area (Å²) in [6.45, 7) is 2.89. The predicted molar refractivity (Wildman–Crippen MR) is 71.2 cm³/mol. The lowest BCUT2D eigenvalue weighted by molar-refractivity contribution is 0.0497. The van der Waals surface area contributed by atoms with Crippen LogP contribution in [0.25, 0.3) is 0 Å². The van der Waals surface area contributed by atoms with Crippen LogP contribution in [0.4, 0.5) is 0 Å². The maximum absolute atomic E-state index is 6.07. The van der Waals surface area contributed by atoms with E-state index < -0.39 is 0 Å². The van der Waals surface area contributed by atoms with Crippen molar-refractivity contribution in [2.75, 3.05) is 13.7 Å². The van der Waals surface area contributed by atoms with E-state index in [1.807, 2.05) is 7.11 Å². The van der Waals surface area contributed by atoms with Gasteiger partial charge >= 0.3 is 0 Å². The third kappa shape index (κ3) is 2.53. The van der Waals surface area contributed by atoms with Crippen molar-refractivity contribution in [1.29, 1.82) is 0 Å². The lowest BCUT2D eigenvalue weighted by Crippen LogP contribution is -2.40. The normalized spacial score (nSPS) is 29.2. The number of nitrogens with two attached hydrogens (primary N) is 1. The summed E-state index contributed by atoms with van der Waals surface area (Å²) in [5.41, 5.74) is 8.98. The van der Waals surface area contributed by atoms with Gasteiger partial charge in [0.15, 0.2) is 0 Å². The Labute approximate surface area is 104 Å². The number of hydrogen-bond acceptors (Lipinski definition) is 2. The molecule has 0 heterocycles. The summed E-state index contributed by atoms with van der Waals surface area (Å²) in [6, 6.07) is 8.81. The molecule has 0 amide bonds. The van der Waals surface area contributed by atoms with Crippen molar-refractivity contribution in [1.82, 2.24) is 0 Å². The van der Waals surface area contributed by atoms with Gasteiger partial charge in [0.05, 0.1) is 6.10 Å². The summed E-state index contributed by atoms with van der Waals surface area (Å²) in [4.78, 5) is 0. The molecule has 1 fully saturated rings. The van der Waals surface area contributed by atoms with E-state index in [1.165, 1.54) is 11.1 Å². The highest BCUT2D eigenvalue weighted by molar-refractivity contribution is 5.30. The van der Waals surface area contributed by atoms with Crippen LogP contribution in [0.1, 0.15) is 36.8 Å². The lowest BCUT2D eigenvalue weighted by atomic mass is 9.68. The van der Waals surface area contributed by atoms with Crippen LogP contribution in [0, 0.1) is 6.92 Å². The maximum Gasteiger partial charge on any atom is 0.0572 e. The fraction of sp³-hybridized carbons (Fsp3) is 0.600. The minimum absolute atomic E-state index is 0.182. The van der Waals surface area contributed by atoms with Crippen LogP contribution in [0.5, 0.6) is 0 Å². The number of rotatable bonds is 3. The zero-order valence-electron chi connectivity index (χ0n) is 10.9. The first-order valence-electron chi connectivity index (χ1n) is 6.50. The van der Waals surface area contributed by atoms with Gasteiger partial charge in [0.25, 0.3) is 0 Å². The first-order chi connectivity index (χ1) is 8.20. The van der Waals surface area contributed by atoms with Crippen molar-refractivity contribution < 1.29 is 4.74 Å².